The molecule has 2 aliphatic heterocycles. The van der Waals surface area contributed by atoms with Crippen molar-refractivity contribution in [2.45, 2.75) is 44.9 Å². The van der Waals surface area contributed by atoms with Gasteiger partial charge in [-0.15, -0.1) is 0 Å². The molecule has 0 bridgehead atoms. The summed E-state index contributed by atoms with van der Waals surface area (Å²) in [5.74, 6) is 0.260. The highest BCUT2D eigenvalue weighted by molar-refractivity contribution is 5.82. The molecule has 2 aliphatic rings. The molecular formula is C13H25N3O2. The average molecular weight is 255 g/mol. The Kier molecular flexibility index (Phi) is 4.59. The van der Waals surface area contributed by atoms with Crippen molar-refractivity contribution in [1.82, 2.24) is 15.1 Å². The second-order valence-corrected chi connectivity index (χ2v) is 5.63. The van der Waals surface area contributed by atoms with Gasteiger partial charge in [-0.25, -0.2) is 0 Å². The summed E-state index contributed by atoms with van der Waals surface area (Å²) in [4.78, 5) is 16.5. The lowest BCUT2D eigenvalue weighted by Crippen LogP contribution is -2.57. The smallest absolute Gasteiger partial charge is 0.239 e. The molecule has 104 valence electrons. The molecule has 0 aromatic carbocycles. The van der Waals surface area contributed by atoms with Crippen LogP contribution in [-0.4, -0.2) is 71.7 Å². The van der Waals surface area contributed by atoms with E-state index in [-0.39, 0.29) is 18.1 Å². The summed E-state index contributed by atoms with van der Waals surface area (Å²) in [6, 6.07) is 0.374. The van der Waals surface area contributed by atoms with Crippen molar-refractivity contribution in [2.24, 2.45) is 0 Å². The largest absolute Gasteiger partial charge is 0.392 e. The zero-order valence-electron chi connectivity index (χ0n) is 11.4. The van der Waals surface area contributed by atoms with Gasteiger partial charge in [0.1, 0.15) is 0 Å². The minimum Gasteiger partial charge on any atom is -0.392 e. The molecule has 5 nitrogen and oxygen atoms in total. The summed E-state index contributed by atoms with van der Waals surface area (Å²) in [5, 5.41) is 12.7. The van der Waals surface area contributed by atoms with Gasteiger partial charge in [-0.1, -0.05) is 0 Å². The van der Waals surface area contributed by atoms with Crippen LogP contribution in [0.4, 0.5) is 0 Å². The second kappa shape index (κ2) is 5.99. The number of β-amino-alcohol motifs (C(OH)–C–C–N with tert-alkyl or cyclic N) is 1. The van der Waals surface area contributed by atoms with Gasteiger partial charge in [0.05, 0.1) is 12.1 Å². The predicted molar refractivity (Wildman–Crippen MR) is 70.3 cm³/mol. The van der Waals surface area contributed by atoms with E-state index < -0.39 is 0 Å². The van der Waals surface area contributed by atoms with Crippen molar-refractivity contribution in [3.05, 3.63) is 0 Å². The van der Waals surface area contributed by atoms with Crippen LogP contribution in [0.2, 0.25) is 0 Å². The molecule has 0 saturated carbocycles. The van der Waals surface area contributed by atoms with Crippen LogP contribution in [0.5, 0.6) is 0 Å². The number of hydrogen-bond acceptors (Lipinski definition) is 4. The molecular weight excluding hydrogens is 230 g/mol. The monoisotopic (exact) mass is 255 g/mol. The maximum absolute atomic E-state index is 12.3. The fraction of sp³-hybridized carbons (Fsp3) is 0.923. The zero-order valence-corrected chi connectivity index (χ0v) is 11.4. The highest BCUT2D eigenvalue weighted by Gasteiger charge is 2.31. The van der Waals surface area contributed by atoms with Crippen molar-refractivity contribution in [1.29, 1.82) is 0 Å². The molecule has 5 heteroatoms. The summed E-state index contributed by atoms with van der Waals surface area (Å²) in [7, 11) is 0. The van der Waals surface area contributed by atoms with E-state index >= 15 is 0 Å². The Balaban J connectivity index is 1.85. The normalized spacial score (nSPS) is 31.6. The summed E-state index contributed by atoms with van der Waals surface area (Å²) >= 11 is 0. The first-order valence-electron chi connectivity index (χ1n) is 7.02. The molecule has 0 aliphatic carbocycles. The maximum Gasteiger partial charge on any atom is 0.239 e. The van der Waals surface area contributed by atoms with E-state index in [0.717, 1.165) is 39.0 Å². The third-order valence-electron chi connectivity index (χ3n) is 3.93. The van der Waals surface area contributed by atoms with Gasteiger partial charge in [-0.2, -0.15) is 0 Å². The standard InChI is InChI=1S/C13H25N3O2/c1-10-8-16(7-6-15(10)9-11(2)17)13(18)12-4-3-5-14-12/h10-12,14,17H,3-9H2,1-2H3/t10?,11?,12-/m0/s1. The quantitative estimate of drug-likeness (QED) is 0.724. The van der Waals surface area contributed by atoms with Crippen molar-refractivity contribution in [2.75, 3.05) is 32.7 Å². The molecule has 3 atom stereocenters. The van der Waals surface area contributed by atoms with Gasteiger partial charge in [-0.05, 0) is 33.2 Å². The Labute approximate surface area is 109 Å². The van der Waals surface area contributed by atoms with Crippen molar-refractivity contribution < 1.29 is 9.90 Å². The highest BCUT2D eigenvalue weighted by atomic mass is 16.3. The van der Waals surface area contributed by atoms with E-state index in [0.29, 0.717) is 12.6 Å². The Morgan fingerprint density at radius 3 is 2.83 bits per heavy atom. The van der Waals surface area contributed by atoms with Gasteiger partial charge in [0.2, 0.25) is 5.91 Å². The van der Waals surface area contributed by atoms with E-state index in [1.54, 1.807) is 0 Å². The molecule has 2 rings (SSSR count). The molecule has 0 radical (unpaired) electrons. The molecule has 2 unspecified atom stereocenters. The fourth-order valence-electron chi connectivity index (χ4n) is 2.92. The van der Waals surface area contributed by atoms with Crippen LogP contribution in [0.15, 0.2) is 0 Å². The van der Waals surface area contributed by atoms with E-state index in [1.807, 2.05) is 11.8 Å². The molecule has 1 amide bonds. The maximum atomic E-state index is 12.3. The number of carbonyl (C=O) groups excluding carboxylic acids is 1. The van der Waals surface area contributed by atoms with Gasteiger partial charge in [0.15, 0.2) is 0 Å². The number of amides is 1. The lowest BCUT2D eigenvalue weighted by Gasteiger charge is -2.41. The third kappa shape index (κ3) is 3.22. The van der Waals surface area contributed by atoms with Gasteiger partial charge >= 0.3 is 0 Å². The minimum absolute atomic E-state index is 0.0421. The van der Waals surface area contributed by atoms with Gasteiger partial charge < -0.3 is 15.3 Å². The lowest BCUT2D eigenvalue weighted by atomic mass is 10.1. The van der Waals surface area contributed by atoms with Crippen LogP contribution in [0.3, 0.4) is 0 Å². The predicted octanol–water partition coefficient (Wildman–Crippen LogP) is -0.348. The molecule has 0 aromatic heterocycles. The van der Waals surface area contributed by atoms with Crippen molar-refractivity contribution in [3.8, 4) is 0 Å². The zero-order chi connectivity index (χ0) is 13.1. The number of aliphatic hydroxyl groups excluding tert-OH is 1. The summed E-state index contributed by atoms with van der Waals surface area (Å²) < 4.78 is 0. The van der Waals surface area contributed by atoms with Gasteiger partial charge in [0.25, 0.3) is 0 Å². The Bertz CT molecular complexity index is 290. The first kappa shape index (κ1) is 13.8. The summed E-state index contributed by atoms with van der Waals surface area (Å²) in [6.45, 7) is 8.04. The molecule has 0 aromatic rings. The van der Waals surface area contributed by atoms with Crippen LogP contribution in [0.1, 0.15) is 26.7 Å². The number of aliphatic hydroxyl groups is 1. The van der Waals surface area contributed by atoms with Gasteiger partial charge in [0, 0.05) is 32.2 Å². The first-order chi connectivity index (χ1) is 8.58. The molecule has 2 heterocycles. The van der Waals surface area contributed by atoms with Crippen molar-refractivity contribution >= 4 is 5.91 Å². The fourth-order valence-corrected chi connectivity index (χ4v) is 2.92. The molecule has 18 heavy (non-hydrogen) atoms. The summed E-state index contributed by atoms with van der Waals surface area (Å²) in [6.07, 6.45) is 1.78. The van der Waals surface area contributed by atoms with Crippen LogP contribution < -0.4 is 5.32 Å². The first-order valence-corrected chi connectivity index (χ1v) is 7.02. The lowest BCUT2D eigenvalue weighted by molar-refractivity contribution is -0.136. The van der Waals surface area contributed by atoms with Crippen LogP contribution in [0, 0.1) is 0 Å². The Morgan fingerprint density at radius 1 is 1.50 bits per heavy atom. The van der Waals surface area contributed by atoms with Gasteiger partial charge in [-0.3, -0.25) is 9.69 Å². The molecule has 0 spiro atoms. The number of nitrogens with zero attached hydrogens (tertiary/aromatic N) is 2. The second-order valence-electron chi connectivity index (χ2n) is 5.63. The third-order valence-corrected chi connectivity index (χ3v) is 3.93. The van der Waals surface area contributed by atoms with E-state index in [4.69, 9.17) is 0 Å². The highest BCUT2D eigenvalue weighted by Crippen LogP contribution is 2.14. The number of carbonyl (C=O) groups is 1. The van der Waals surface area contributed by atoms with E-state index in [9.17, 15) is 9.90 Å². The number of nitrogens with one attached hydrogen (secondary N) is 1. The topological polar surface area (TPSA) is 55.8 Å². The Hall–Kier alpha value is -0.650. The molecule has 2 N–H and O–H groups in total. The average Bonchev–Trinajstić information content (AvgIpc) is 2.84. The molecule has 2 fully saturated rings. The number of piperazine rings is 1. The van der Waals surface area contributed by atoms with E-state index in [2.05, 4.69) is 17.1 Å². The van der Waals surface area contributed by atoms with Crippen LogP contribution >= 0.6 is 0 Å². The minimum atomic E-state index is -0.300. The molecule has 2 saturated heterocycles. The van der Waals surface area contributed by atoms with Crippen molar-refractivity contribution in [3.63, 3.8) is 0 Å². The van der Waals surface area contributed by atoms with E-state index in [1.165, 1.54) is 0 Å². The summed E-state index contributed by atoms with van der Waals surface area (Å²) in [5.41, 5.74) is 0. The number of rotatable bonds is 3. The van der Waals surface area contributed by atoms with Crippen LogP contribution in [0.25, 0.3) is 0 Å². The SMILES string of the molecule is CC(O)CN1CCN(C(=O)[C@@H]2CCCN2)CC1C. The number of hydrogen-bond donors (Lipinski definition) is 2. The van der Waals surface area contributed by atoms with Crippen LogP contribution in [-0.2, 0) is 4.79 Å². The Morgan fingerprint density at radius 2 is 2.28 bits per heavy atom.